The lowest BCUT2D eigenvalue weighted by atomic mass is 9.74. The third kappa shape index (κ3) is 2.29. The summed E-state index contributed by atoms with van der Waals surface area (Å²) >= 11 is 0. The zero-order valence-electron chi connectivity index (χ0n) is 13.9. The van der Waals surface area contributed by atoms with Crippen molar-refractivity contribution in [2.45, 2.75) is 37.3 Å². The molecule has 1 saturated carbocycles. The van der Waals surface area contributed by atoms with Gasteiger partial charge >= 0.3 is 0 Å². The van der Waals surface area contributed by atoms with Crippen molar-refractivity contribution in [2.24, 2.45) is 5.92 Å². The maximum absolute atomic E-state index is 12.9. The lowest BCUT2D eigenvalue weighted by molar-refractivity contribution is -0.130. The summed E-state index contributed by atoms with van der Waals surface area (Å²) in [6.45, 7) is 4.75. The minimum absolute atomic E-state index is 0.0496. The minimum Gasteiger partial charge on any atom is -0.334 e. The number of carbonyl (C=O) groups is 1. The summed E-state index contributed by atoms with van der Waals surface area (Å²) in [6.07, 6.45) is 4.86. The van der Waals surface area contributed by atoms with E-state index in [9.17, 15) is 4.79 Å². The zero-order valence-corrected chi connectivity index (χ0v) is 13.9. The predicted molar refractivity (Wildman–Crippen MR) is 96.4 cm³/mol. The molecular weight excluding hydrogens is 294 g/mol. The van der Waals surface area contributed by atoms with Gasteiger partial charge in [0.05, 0.1) is 0 Å². The standard InChI is InChI=1S/C22H23NO/c1-2-18-13-14-22(19-11-7-4-8-12-19)15-20(24)23(21(18)22)16-17-9-5-3-6-10-17/h2-12,18,21H,1,13-16H2. The summed E-state index contributed by atoms with van der Waals surface area (Å²) in [4.78, 5) is 15.0. The van der Waals surface area contributed by atoms with Crippen molar-refractivity contribution in [3.05, 3.63) is 84.4 Å². The summed E-state index contributed by atoms with van der Waals surface area (Å²) < 4.78 is 0. The molecule has 122 valence electrons. The second kappa shape index (κ2) is 5.94. The second-order valence-corrected chi connectivity index (χ2v) is 7.09. The van der Waals surface area contributed by atoms with Crippen molar-refractivity contribution in [1.82, 2.24) is 4.90 Å². The van der Waals surface area contributed by atoms with Crippen LogP contribution in [0.2, 0.25) is 0 Å². The molecule has 0 N–H and O–H groups in total. The van der Waals surface area contributed by atoms with Crippen LogP contribution in [-0.4, -0.2) is 16.8 Å². The molecule has 1 heterocycles. The Bertz CT molecular complexity index is 739. The number of fused-ring (bicyclic) bond motifs is 1. The highest BCUT2D eigenvalue weighted by Crippen LogP contribution is 2.54. The van der Waals surface area contributed by atoms with Crippen molar-refractivity contribution in [1.29, 1.82) is 0 Å². The fourth-order valence-corrected chi connectivity index (χ4v) is 4.79. The van der Waals surface area contributed by atoms with E-state index in [1.807, 2.05) is 24.3 Å². The number of rotatable bonds is 4. The van der Waals surface area contributed by atoms with Gasteiger partial charge in [-0.25, -0.2) is 0 Å². The lowest BCUT2D eigenvalue weighted by Crippen LogP contribution is -2.42. The number of benzene rings is 2. The van der Waals surface area contributed by atoms with Crippen LogP contribution in [0.5, 0.6) is 0 Å². The Kier molecular flexibility index (Phi) is 3.76. The third-order valence-corrected chi connectivity index (χ3v) is 5.87. The molecule has 3 atom stereocenters. The van der Waals surface area contributed by atoms with Gasteiger partial charge in [0.1, 0.15) is 0 Å². The molecule has 0 spiro atoms. The van der Waals surface area contributed by atoms with E-state index in [-0.39, 0.29) is 17.4 Å². The van der Waals surface area contributed by atoms with Crippen LogP contribution in [0.1, 0.15) is 30.4 Å². The molecule has 0 bridgehead atoms. The maximum Gasteiger partial charge on any atom is 0.224 e. The molecule has 3 unspecified atom stereocenters. The highest BCUT2D eigenvalue weighted by Gasteiger charge is 2.58. The van der Waals surface area contributed by atoms with Crippen molar-refractivity contribution in [3.63, 3.8) is 0 Å². The van der Waals surface area contributed by atoms with Crippen molar-refractivity contribution < 1.29 is 4.79 Å². The van der Waals surface area contributed by atoms with Crippen molar-refractivity contribution >= 4 is 5.91 Å². The van der Waals surface area contributed by atoms with E-state index in [1.54, 1.807) is 0 Å². The van der Waals surface area contributed by atoms with Gasteiger partial charge in [-0.3, -0.25) is 4.79 Å². The van der Waals surface area contributed by atoms with Gasteiger partial charge in [-0.2, -0.15) is 0 Å². The Morgan fingerprint density at radius 2 is 1.75 bits per heavy atom. The monoisotopic (exact) mass is 317 g/mol. The van der Waals surface area contributed by atoms with Gasteiger partial charge in [0.15, 0.2) is 0 Å². The van der Waals surface area contributed by atoms with Crippen molar-refractivity contribution in [2.75, 3.05) is 0 Å². The molecule has 2 nitrogen and oxygen atoms in total. The Morgan fingerprint density at radius 3 is 2.42 bits per heavy atom. The Hall–Kier alpha value is -2.35. The molecule has 1 amide bonds. The predicted octanol–water partition coefficient (Wildman–Crippen LogP) is 4.32. The summed E-state index contributed by atoms with van der Waals surface area (Å²) in [5.41, 5.74) is 2.46. The Morgan fingerprint density at radius 1 is 1.08 bits per heavy atom. The average Bonchev–Trinajstić information content (AvgIpc) is 3.12. The SMILES string of the molecule is C=CC1CCC2(c3ccccc3)CC(=O)N(Cc3ccccc3)C12. The number of carbonyl (C=O) groups excluding carboxylic acids is 1. The van der Waals surface area contributed by atoms with Crippen molar-refractivity contribution in [3.8, 4) is 0 Å². The number of hydrogen-bond donors (Lipinski definition) is 0. The molecule has 1 aliphatic heterocycles. The van der Waals surface area contributed by atoms with Crippen LogP contribution in [0.4, 0.5) is 0 Å². The molecule has 2 heteroatoms. The smallest absolute Gasteiger partial charge is 0.224 e. The normalized spacial score (nSPS) is 28.8. The van der Waals surface area contributed by atoms with E-state index in [2.05, 4.69) is 54.0 Å². The van der Waals surface area contributed by atoms with E-state index in [4.69, 9.17) is 0 Å². The summed E-state index contributed by atoms with van der Waals surface area (Å²) in [5, 5.41) is 0. The van der Waals surface area contributed by atoms with Crippen LogP contribution < -0.4 is 0 Å². The fraction of sp³-hybridized carbons (Fsp3) is 0.318. The van der Waals surface area contributed by atoms with Crippen LogP contribution in [0.15, 0.2) is 73.3 Å². The van der Waals surface area contributed by atoms with Gasteiger partial charge in [-0.1, -0.05) is 66.7 Å². The topological polar surface area (TPSA) is 20.3 Å². The quantitative estimate of drug-likeness (QED) is 0.769. The van der Waals surface area contributed by atoms with Crippen LogP contribution in [0.25, 0.3) is 0 Å². The molecule has 2 aromatic rings. The molecule has 2 aliphatic rings. The van der Waals surface area contributed by atoms with E-state index in [0.29, 0.717) is 18.9 Å². The lowest BCUT2D eigenvalue weighted by Gasteiger charge is -2.35. The number of likely N-dealkylation sites (tertiary alicyclic amines) is 1. The van der Waals surface area contributed by atoms with E-state index in [1.165, 1.54) is 11.1 Å². The third-order valence-electron chi connectivity index (χ3n) is 5.87. The first kappa shape index (κ1) is 15.2. The van der Waals surface area contributed by atoms with Crippen LogP contribution in [-0.2, 0) is 16.8 Å². The summed E-state index contributed by atoms with van der Waals surface area (Å²) in [6, 6.07) is 21.2. The molecule has 1 saturated heterocycles. The summed E-state index contributed by atoms with van der Waals surface area (Å²) in [5.74, 6) is 0.652. The van der Waals surface area contributed by atoms with E-state index < -0.39 is 0 Å². The zero-order chi connectivity index (χ0) is 16.6. The van der Waals surface area contributed by atoms with Crippen LogP contribution >= 0.6 is 0 Å². The van der Waals surface area contributed by atoms with Gasteiger partial charge in [0, 0.05) is 24.4 Å². The van der Waals surface area contributed by atoms with E-state index in [0.717, 1.165) is 12.8 Å². The molecule has 0 radical (unpaired) electrons. The highest BCUT2D eigenvalue weighted by molar-refractivity contribution is 5.82. The van der Waals surface area contributed by atoms with Gasteiger partial charge in [-0.15, -0.1) is 6.58 Å². The van der Waals surface area contributed by atoms with Gasteiger partial charge < -0.3 is 4.90 Å². The number of hydrogen-bond acceptors (Lipinski definition) is 1. The molecular formula is C22H23NO. The largest absolute Gasteiger partial charge is 0.334 e. The number of amides is 1. The Labute approximate surface area is 143 Å². The molecule has 2 aromatic carbocycles. The van der Waals surface area contributed by atoms with Crippen LogP contribution in [0.3, 0.4) is 0 Å². The molecule has 1 aliphatic carbocycles. The molecule has 2 fully saturated rings. The Balaban J connectivity index is 1.74. The number of nitrogens with zero attached hydrogens (tertiary/aromatic N) is 1. The maximum atomic E-state index is 12.9. The fourth-order valence-electron chi connectivity index (χ4n) is 4.79. The molecule has 24 heavy (non-hydrogen) atoms. The van der Waals surface area contributed by atoms with Gasteiger partial charge in [0.2, 0.25) is 5.91 Å². The first-order chi connectivity index (χ1) is 11.7. The second-order valence-electron chi connectivity index (χ2n) is 7.09. The van der Waals surface area contributed by atoms with Gasteiger partial charge in [-0.05, 0) is 29.9 Å². The van der Waals surface area contributed by atoms with Crippen LogP contribution in [0, 0.1) is 5.92 Å². The molecule has 4 rings (SSSR count). The highest BCUT2D eigenvalue weighted by atomic mass is 16.2. The van der Waals surface area contributed by atoms with Gasteiger partial charge in [0.25, 0.3) is 0 Å². The summed E-state index contributed by atoms with van der Waals surface area (Å²) in [7, 11) is 0. The van der Waals surface area contributed by atoms with E-state index >= 15 is 0 Å². The first-order valence-electron chi connectivity index (χ1n) is 8.76. The minimum atomic E-state index is -0.0496. The average molecular weight is 317 g/mol. The molecule has 0 aromatic heterocycles. The first-order valence-corrected chi connectivity index (χ1v) is 8.76.